The van der Waals surface area contributed by atoms with Gasteiger partial charge < -0.3 is 10.5 Å². The number of ether oxygens (including phenoxy) is 1. The summed E-state index contributed by atoms with van der Waals surface area (Å²) < 4.78 is 6.90. The number of nitrogens with zero attached hydrogens (tertiary/aromatic N) is 1. The highest BCUT2D eigenvalue weighted by Gasteiger charge is 2.32. The van der Waals surface area contributed by atoms with Crippen LogP contribution in [0.1, 0.15) is 71.4 Å². The van der Waals surface area contributed by atoms with E-state index in [1.165, 1.54) is 4.57 Å². The van der Waals surface area contributed by atoms with Crippen molar-refractivity contribution in [1.82, 2.24) is 9.88 Å². The zero-order valence-corrected chi connectivity index (χ0v) is 16.0. The molecule has 2 aromatic rings. The summed E-state index contributed by atoms with van der Waals surface area (Å²) in [7, 11) is 1.62. The molecule has 1 aromatic carbocycles. The summed E-state index contributed by atoms with van der Waals surface area (Å²) in [6.07, 6.45) is 0. The Kier molecular flexibility index (Phi) is 4.55. The van der Waals surface area contributed by atoms with Gasteiger partial charge in [-0.25, -0.2) is 0 Å². The Labute approximate surface area is 157 Å². The lowest BCUT2D eigenvalue weighted by Crippen LogP contribution is -2.24. The van der Waals surface area contributed by atoms with Crippen LogP contribution in [0.15, 0.2) is 23.0 Å². The zero-order valence-electron chi connectivity index (χ0n) is 16.0. The molecule has 0 fully saturated rings. The summed E-state index contributed by atoms with van der Waals surface area (Å²) >= 11 is 0. The minimum Gasteiger partial charge on any atom is -0.496 e. The van der Waals surface area contributed by atoms with Crippen molar-refractivity contribution in [2.24, 2.45) is 0 Å². The van der Waals surface area contributed by atoms with Gasteiger partial charge in [-0.05, 0) is 35.1 Å². The molecule has 0 aliphatic carbocycles. The molecule has 3 rings (SSSR count). The minimum absolute atomic E-state index is 0.0143. The van der Waals surface area contributed by atoms with E-state index in [0.29, 0.717) is 5.69 Å². The second-order valence-electron chi connectivity index (χ2n) is 7.24. The van der Waals surface area contributed by atoms with Crippen LogP contribution in [0, 0.1) is 0 Å². The lowest BCUT2D eigenvalue weighted by molar-refractivity contribution is 0.0880. The summed E-state index contributed by atoms with van der Waals surface area (Å²) in [6.45, 7) is 8.14. The molecule has 1 aliphatic heterocycles. The van der Waals surface area contributed by atoms with Crippen LogP contribution < -0.4 is 21.3 Å². The van der Waals surface area contributed by atoms with Gasteiger partial charge in [-0.1, -0.05) is 27.7 Å². The van der Waals surface area contributed by atoms with E-state index in [4.69, 9.17) is 10.5 Å². The largest absolute Gasteiger partial charge is 0.496 e. The van der Waals surface area contributed by atoms with Crippen LogP contribution in [-0.4, -0.2) is 23.5 Å². The third-order valence-electron chi connectivity index (χ3n) is 4.79. The van der Waals surface area contributed by atoms with Crippen LogP contribution in [0.25, 0.3) is 5.69 Å². The Balaban J connectivity index is 2.36. The molecular formula is C20H23N3O4. The number of carbonyl (C=O) groups excluding carboxylic acids is 2. The van der Waals surface area contributed by atoms with Gasteiger partial charge >= 0.3 is 0 Å². The first-order valence-electron chi connectivity index (χ1n) is 8.80. The molecule has 7 heteroatoms. The molecule has 0 atom stereocenters. The van der Waals surface area contributed by atoms with Gasteiger partial charge in [0.15, 0.2) is 0 Å². The molecule has 0 spiro atoms. The zero-order chi connectivity index (χ0) is 20.0. The number of amides is 2. The Morgan fingerprint density at radius 2 is 1.52 bits per heavy atom. The van der Waals surface area contributed by atoms with Gasteiger partial charge in [-0.2, -0.15) is 0 Å². The molecule has 27 heavy (non-hydrogen) atoms. The average molecular weight is 369 g/mol. The van der Waals surface area contributed by atoms with E-state index in [2.05, 4.69) is 5.32 Å². The minimum atomic E-state index is -0.605. The maximum absolute atomic E-state index is 12.7. The topological polar surface area (TPSA) is 103 Å². The number of imide groups is 1. The van der Waals surface area contributed by atoms with Crippen molar-refractivity contribution in [2.45, 2.75) is 39.5 Å². The fraction of sp³-hybridized carbons (Fsp3) is 0.350. The van der Waals surface area contributed by atoms with Crippen LogP contribution >= 0.6 is 0 Å². The Hall–Kier alpha value is -3.09. The summed E-state index contributed by atoms with van der Waals surface area (Å²) in [5, 5.41) is 2.18. The van der Waals surface area contributed by atoms with Gasteiger partial charge in [-0.3, -0.25) is 24.3 Å². The molecule has 1 aromatic heterocycles. The molecule has 2 heterocycles. The first-order chi connectivity index (χ1) is 12.7. The molecule has 1 aliphatic rings. The number of rotatable bonds is 4. The van der Waals surface area contributed by atoms with Crippen LogP contribution in [-0.2, 0) is 0 Å². The standard InChI is InChI=1S/C20H23N3O4/c1-9(2)12-6-11(7-13(10(3)4)17(12)27-5)23-15(24)8-14-16(18(23)21)20(26)22-19(14)25/h6-10H,21H2,1-5H3,(H,22,25,26). The number of carbonyl (C=O) groups is 2. The van der Waals surface area contributed by atoms with Crippen molar-refractivity contribution < 1.29 is 14.3 Å². The van der Waals surface area contributed by atoms with E-state index >= 15 is 0 Å². The maximum atomic E-state index is 12.7. The molecule has 0 bridgehead atoms. The van der Waals surface area contributed by atoms with Gasteiger partial charge in [0.1, 0.15) is 11.6 Å². The number of nitrogens with two attached hydrogens (primary N) is 1. The fourth-order valence-electron chi connectivity index (χ4n) is 3.43. The molecule has 0 saturated carbocycles. The number of nitrogen functional groups attached to an aromatic ring is 1. The van der Waals surface area contributed by atoms with Crippen molar-refractivity contribution in [2.75, 3.05) is 12.8 Å². The van der Waals surface area contributed by atoms with Crippen molar-refractivity contribution in [3.63, 3.8) is 0 Å². The van der Waals surface area contributed by atoms with Crippen molar-refractivity contribution in [3.8, 4) is 11.4 Å². The quantitative estimate of drug-likeness (QED) is 0.806. The highest BCUT2D eigenvalue weighted by atomic mass is 16.5. The third kappa shape index (κ3) is 2.89. The van der Waals surface area contributed by atoms with E-state index in [-0.39, 0.29) is 28.8 Å². The fourth-order valence-corrected chi connectivity index (χ4v) is 3.43. The number of methoxy groups -OCH3 is 1. The summed E-state index contributed by atoms with van der Waals surface area (Å²) in [4.78, 5) is 36.7. The van der Waals surface area contributed by atoms with Gasteiger partial charge in [0.2, 0.25) is 0 Å². The van der Waals surface area contributed by atoms with Crippen LogP contribution in [0.2, 0.25) is 0 Å². The summed E-state index contributed by atoms with van der Waals surface area (Å²) in [6, 6.07) is 4.84. The molecular weight excluding hydrogens is 346 g/mol. The number of benzene rings is 1. The molecule has 2 amide bonds. The first-order valence-corrected chi connectivity index (χ1v) is 8.80. The predicted molar refractivity (Wildman–Crippen MR) is 103 cm³/mol. The highest BCUT2D eigenvalue weighted by molar-refractivity contribution is 6.23. The molecule has 142 valence electrons. The SMILES string of the molecule is COc1c(C(C)C)cc(-n2c(N)c3c(cc2=O)C(=O)NC3=O)cc1C(C)C. The summed E-state index contributed by atoms with van der Waals surface area (Å²) in [5.41, 5.74) is 8.16. The van der Waals surface area contributed by atoms with Crippen molar-refractivity contribution >= 4 is 17.6 Å². The molecule has 3 N–H and O–H groups in total. The van der Waals surface area contributed by atoms with E-state index in [1.54, 1.807) is 7.11 Å². The normalized spacial score (nSPS) is 13.3. The lowest BCUT2D eigenvalue weighted by atomic mass is 9.93. The molecule has 0 radical (unpaired) electrons. The first kappa shape index (κ1) is 18.7. The van der Waals surface area contributed by atoms with Gasteiger partial charge in [0.05, 0.1) is 23.9 Å². The monoisotopic (exact) mass is 369 g/mol. The Bertz CT molecular complexity index is 990. The number of pyridine rings is 1. The highest BCUT2D eigenvalue weighted by Crippen LogP contribution is 2.37. The number of nitrogens with one attached hydrogen (secondary N) is 1. The number of anilines is 1. The smallest absolute Gasteiger partial charge is 0.262 e. The van der Waals surface area contributed by atoms with Crippen LogP contribution in [0.5, 0.6) is 5.75 Å². The molecule has 0 unspecified atom stereocenters. The van der Waals surface area contributed by atoms with Crippen molar-refractivity contribution in [3.05, 3.63) is 50.8 Å². The third-order valence-corrected chi connectivity index (χ3v) is 4.79. The number of hydrogen-bond donors (Lipinski definition) is 2. The molecule has 0 saturated heterocycles. The van der Waals surface area contributed by atoms with E-state index < -0.39 is 17.4 Å². The van der Waals surface area contributed by atoms with E-state index in [1.807, 2.05) is 39.8 Å². The molecule has 7 nitrogen and oxygen atoms in total. The van der Waals surface area contributed by atoms with Crippen LogP contribution in [0.4, 0.5) is 5.82 Å². The Morgan fingerprint density at radius 1 is 0.963 bits per heavy atom. The van der Waals surface area contributed by atoms with Gasteiger partial charge in [0, 0.05) is 6.07 Å². The van der Waals surface area contributed by atoms with Crippen LogP contribution in [0.3, 0.4) is 0 Å². The van der Waals surface area contributed by atoms with Gasteiger partial charge in [0.25, 0.3) is 17.4 Å². The second-order valence-corrected chi connectivity index (χ2v) is 7.24. The second kappa shape index (κ2) is 6.57. The van der Waals surface area contributed by atoms with E-state index in [9.17, 15) is 14.4 Å². The average Bonchev–Trinajstić information content (AvgIpc) is 2.87. The number of fused-ring (bicyclic) bond motifs is 1. The van der Waals surface area contributed by atoms with Gasteiger partial charge in [-0.15, -0.1) is 0 Å². The predicted octanol–water partition coefficient (Wildman–Crippen LogP) is 2.56. The maximum Gasteiger partial charge on any atom is 0.262 e. The summed E-state index contributed by atoms with van der Waals surface area (Å²) in [5.74, 6) is -0.170. The van der Waals surface area contributed by atoms with Crippen molar-refractivity contribution in [1.29, 1.82) is 0 Å². The lowest BCUT2D eigenvalue weighted by Gasteiger charge is -2.21. The Morgan fingerprint density at radius 3 is 2.00 bits per heavy atom. The number of hydrogen-bond acceptors (Lipinski definition) is 5. The van der Waals surface area contributed by atoms with E-state index in [0.717, 1.165) is 22.9 Å². The number of aromatic nitrogens is 1.